The van der Waals surface area contributed by atoms with Gasteiger partial charge in [0.15, 0.2) is 0 Å². The number of rotatable bonds is 1. The molecule has 0 unspecified atom stereocenters. The van der Waals surface area contributed by atoms with Crippen LogP contribution in [0.1, 0.15) is 15.9 Å². The molecule has 3 heteroatoms. The molecule has 2 aromatic carbocycles. The molecule has 3 nitrogen and oxygen atoms in total. The summed E-state index contributed by atoms with van der Waals surface area (Å²) in [6.07, 6.45) is 7.72. The Bertz CT molecular complexity index is 699. The molecule has 0 saturated heterocycles. The fraction of sp³-hybridized carbons (Fsp3) is 0. The van der Waals surface area contributed by atoms with E-state index >= 15 is 0 Å². The summed E-state index contributed by atoms with van der Waals surface area (Å²) in [6, 6.07) is 9.60. The second-order valence-corrected chi connectivity index (χ2v) is 4.16. The molecule has 0 aliphatic carbocycles. The van der Waals surface area contributed by atoms with E-state index in [2.05, 4.69) is 5.32 Å². The predicted molar refractivity (Wildman–Crippen MR) is 74.3 cm³/mol. The van der Waals surface area contributed by atoms with Crippen molar-refractivity contribution >= 4 is 28.4 Å². The summed E-state index contributed by atoms with van der Waals surface area (Å²) in [6.45, 7) is 0. The third-order valence-corrected chi connectivity index (χ3v) is 3.05. The molecule has 0 fully saturated rings. The van der Waals surface area contributed by atoms with Crippen LogP contribution >= 0.6 is 0 Å². The van der Waals surface area contributed by atoms with E-state index in [9.17, 15) is 4.79 Å². The molecule has 0 radical (unpaired) electrons. The lowest BCUT2D eigenvalue weighted by Gasteiger charge is -2.12. The van der Waals surface area contributed by atoms with Crippen LogP contribution in [0.3, 0.4) is 0 Å². The number of benzene rings is 2. The fourth-order valence-electron chi connectivity index (χ4n) is 2.24. The molecule has 1 heterocycles. The van der Waals surface area contributed by atoms with E-state index in [0.717, 1.165) is 22.0 Å². The quantitative estimate of drug-likeness (QED) is 0.799. The maximum absolute atomic E-state index is 11.5. The Hall–Kier alpha value is -2.55. The molecule has 1 aliphatic rings. The van der Waals surface area contributed by atoms with E-state index in [-0.39, 0.29) is 0 Å². The van der Waals surface area contributed by atoms with E-state index in [1.54, 1.807) is 6.07 Å². The number of nitrogens with two attached hydrogens (primary N) is 1. The van der Waals surface area contributed by atoms with Crippen molar-refractivity contribution in [1.29, 1.82) is 0 Å². The van der Waals surface area contributed by atoms with Crippen molar-refractivity contribution < 1.29 is 4.79 Å². The van der Waals surface area contributed by atoms with E-state index in [1.165, 1.54) is 0 Å². The highest BCUT2D eigenvalue weighted by Gasteiger charge is 2.12. The van der Waals surface area contributed by atoms with Gasteiger partial charge in [-0.2, -0.15) is 0 Å². The Balaban J connectivity index is 2.43. The van der Waals surface area contributed by atoms with Crippen molar-refractivity contribution in [2.24, 2.45) is 5.73 Å². The molecule has 0 atom stereocenters. The first-order valence-electron chi connectivity index (χ1n) is 5.72. The number of carbonyl (C=O) groups is 1. The fourth-order valence-corrected chi connectivity index (χ4v) is 2.24. The first-order valence-corrected chi connectivity index (χ1v) is 5.72. The lowest BCUT2D eigenvalue weighted by molar-refractivity contribution is 0.100. The van der Waals surface area contributed by atoms with Gasteiger partial charge in [-0.15, -0.1) is 0 Å². The molecule has 18 heavy (non-hydrogen) atoms. The molecule has 0 saturated carbocycles. The SMILES string of the molecule is NC(=O)c1cccc2ccc3c(c12)NC=CC=C3. The second-order valence-electron chi connectivity index (χ2n) is 4.16. The Morgan fingerprint density at radius 3 is 2.83 bits per heavy atom. The molecule has 3 N–H and O–H groups in total. The van der Waals surface area contributed by atoms with Crippen molar-refractivity contribution in [1.82, 2.24) is 0 Å². The highest BCUT2D eigenvalue weighted by atomic mass is 16.1. The molecule has 1 amide bonds. The minimum absolute atomic E-state index is 0.409. The third-order valence-electron chi connectivity index (χ3n) is 3.05. The molecule has 0 spiro atoms. The number of hydrogen-bond acceptors (Lipinski definition) is 2. The van der Waals surface area contributed by atoms with Crippen LogP contribution in [0.5, 0.6) is 0 Å². The van der Waals surface area contributed by atoms with E-state index in [4.69, 9.17) is 5.73 Å². The van der Waals surface area contributed by atoms with Crippen molar-refractivity contribution in [2.75, 3.05) is 5.32 Å². The van der Waals surface area contributed by atoms with E-state index in [1.807, 2.05) is 48.7 Å². The smallest absolute Gasteiger partial charge is 0.249 e. The Kier molecular flexibility index (Phi) is 2.38. The van der Waals surface area contributed by atoms with Crippen LogP contribution in [0.4, 0.5) is 5.69 Å². The summed E-state index contributed by atoms with van der Waals surface area (Å²) in [4.78, 5) is 11.5. The maximum Gasteiger partial charge on any atom is 0.249 e. The van der Waals surface area contributed by atoms with Crippen LogP contribution in [0, 0.1) is 0 Å². The van der Waals surface area contributed by atoms with Crippen LogP contribution in [-0.2, 0) is 0 Å². The van der Waals surface area contributed by atoms with Gasteiger partial charge >= 0.3 is 0 Å². The number of nitrogens with one attached hydrogen (secondary N) is 1. The normalized spacial score (nSPS) is 12.9. The van der Waals surface area contributed by atoms with Gasteiger partial charge in [0.2, 0.25) is 5.91 Å². The Morgan fingerprint density at radius 1 is 1.11 bits per heavy atom. The summed E-state index contributed by atoms with van der Waals surface area (Å²) in [5.74, 6) is -0.409. The van der Waals surface area contributed by atoms with Gasteiger partial charge in [0.05, 0.1) is 5.69 Å². The summed E-state index contributed by atoms with van der Waals surface area (Å²) < 4.78 is 0. The minimum atomic E-state index is -0.409. The topological polar surface area (TPSA) is 55.1 Å². The number of amides is 1. The highest BCUT2D eigenvalue weighted by Crippen LogP contribution is 2.32. The van der Waals surface area contributed by atoms with Gasteiger partial charge in [0, 0.05) is 17.1 Å². The van der Waals surface area contributed by atoms with Gasteiger partial charge in [-0.1, -0.05) is 36.4 Å². The largest absolute Gasteiger partial charge is 0.366 e. The number of hydrogen-bond donors (Lipinski definition) is 2. The first-order chi connectivity index (χ1) is 8.77. The highest BCUT2D eigenvalue weighted by molar-refractivity contribution is 6.12. The first kappa shape index (κ1) is 10.6. The average molecular weight is 236 g/mol. The lowest BCUT2D eigenvalue weighted by Crippen LogP contribution is -2.12. The number of allylic oxidation sites excluding steroid dienone is 2. The lowest BCUT2D eigenvalue weighted by atomic mass is 9.98. The zero-order valence-electron chi connectivity index (χ0n) is 9.68. The van der Waals surface area contributed by atoms with Crippen LogP contribution in [0.2, 0.25) is 0 Å². The number of anilines is 1. The number of primary amides is 1. The summed E-state index contributed by atoms with van der Waals surface area (Å²) >= 11 is 0. The van der Waals surface area contributed by atoms with Gasteiger partial charge in [0.1, 0.15) is 0 Å². The van der Waals surface area contributed by atoms with Crippen LogP contribution < -0.4 is 11.1 Å². The van der Waals surface area contributed by atoms with Gasteiger partial charge in [-0.25, -0.2) is 0 Å². The van der Waals surface area contributed by atoms with Crippen LogP contribution in [-0.4, -0.2) is 5.91 Å². The predicted octanol–water partition coefficient (Wildman–Crippen LogP) is 2.89. The molecule has 3 rings (SSSR count). The van der Waals surface area contributed by atoms with Gasteiger partial charge in [0.25, 0.3) is 0 Å². The molecule has 88 valence electrons. The Labute approximate surface area is 105 Å². The zero-order valence-corrected chi connectivity index (χ0v) is 9.68. The van der Waals surface area contributed by atoms with Gasteiger partial charge < -0.3 is 11.1 Å². The molecule has 2 aromatic rings. The average Bonchev–Trinajstić information content (AvgIpc) is 2.62. The second kappa shape index (κ2) is 4.04. The van der Waals surface area contributed by atoms with Crippen molar-refractivity contribution in [2.45, 2.75) is 0 Å². The van der Waals surface area contributed by atoms with Crippen molar-refractivity contribution in [3.05, 3.63) is 59.8 Å². The van der Waals surface area contributed by atoms with Crippen LogP contribution in [0.25, 0.3) is 16.8 Å². The molecular weight excluding hydrogens is 224 g/mol. The van der Waals surface area contributed by atoms with Crippen molar-refractivity contribution in [3.63, 3.8) is 0 Å². The van der Waals surface area contributed by atoms with E-state index < -0.39 is 5.91 Å². The van der Waals surface area contributed by atoms with E-state index in [0.29, 0.717) is 5.56 Å². The van der Waals surface area contributed by atoms with Crippen LogP contribution in [0.15, 0.2) is 48.7 Å². The maximum atomic E-state index is 11.5. The summed E-state index contributed by atoms with van der Waals surface area (Å²) in [5, 5.41) is 5.09. The standard InChI is InChI=1S/C15H12N2O/c16-15(18)12-6-3-5-10-7-8-11-4-1-2-9-17-14(11)13(10)12/h1-9,17H,(H2,16,18). The van der Waals surface area contributed by atoms with Gasteiger partial charge in [-0.3, -0.25) is 4.79 Å². The zero-order chi connectivity index (χ0) is 12.5. The summed E-state index contributed by atoms with van der Waals surface area (Å²) in [7, 11) is 0. The van der Waals surface area contributed by atoms with Crippen molar-refractivity contribution in [3.8, 4) is 0 Å². The third kappa shape index (κ3) is 1.57. The monoisotopic (exact) mass is 236 g/mol. The molecule has 1 aliphatic heterocycles. The molecular formula is C15H12N2O. The molecule has 0 bridgehead atoms. The van der Waals surface area contributed by atoms with Gasteiger partial charge in [-0.05, 0) is 23.1 Å². The number of carbonyl (C=O) groups excluding carboxylic acids is 1. The summed E-state index contributed by atoms with van der Waals surface area (Å²) in [5.41, 5.74) is 7.96. The Morgan fingerprint density at radius 2 is 2.00 bits per heavy atom. The minimum Gasteiger partial charge on any atom is -0.366 e. The number of fused-ring (bicyclic) bond motifs is 3. The molecule has 0 aromatic heterocycles.